The summed E-state index contributed by atoms with van der Waals surface area (Å²) in [5, 5.41) is 2.98. The van der Waals surface area contributed by atoms with E-state index in [2.05, 4.69) is 12.2 Å². The van der Waals surface area contributed by atoms with Gasteiger partial charge < -0.3 is 5.32 Å². The van der Waals surface area contributed by atoms with Crippen molar-refractivity contribution in [3.05, 3.63) is 35.6 Å². The minimum Gasteiger partial charge on any atom is -0.356 e. The lowest BCUT2D eigenvalue weighted by molar-refractivity contribution is -0.120. The second kappa shape index (κ2) is 6.69. The lowest BCUT2D eigenvalue weighted by Gasteiger charge is -2.26. The van der Waals surface area contributed by atoms with Gasteiger partial charge in [0.1, 0.15) is 5.82 Å². The van der Waals surface area contributed by atoms with E-state index in [0.717, 1.165) is 18.0 Å². The smallest absolute Gasteiger partial charge is 0.224 e. The van der Waals surface area contributed by atoms with Crippen LogP contribution in [-0.2, 0) is 11.2 Å². The molecular weight excluding hydrogens is 241 g/mol. The van der Waals surface area contributed by atoms with Crippen LogP contribution in [0, 0.1) is 17.7 Å². The van der Waals surface area contributed by atoms with E-state index in [4.69, 9.17) is 0 Å². The molecular formula is C16H22FNO. The van der Waals surface area contributed by atoms with Gasteiger partial charge in [-0.05, 0) is 42.4 Å². The molecule has 1 aliphatic rings. The molecule has 2 atom stereocenters. The first-order chi connectivity index (χ1) is 9.13. The van der Waals surface area contributed by atoms with Crippen LogP contribution in [-0.4, -0.2) is 12.5 Å². The zero-order chi connectivity index (χ0) is 13.7. The first-order valence-electron chi connectivity index (χ1n) is 7.14. The van der Waals surface area contributed by atoms with Crippen LogP contribution in [0.5, 0.6) is 0 Å². The molecule has 0 radical (unpaired) electrons. The lowest BCUT2D eigenvalue weighted by atomic mass is 9.82. The molecule has 1 N–H and O–H groups in total. The summed E-state index contributed by atoms with van der Waals surface area (Å²) in [4.78, 5) is 11.8. The highest BCUT2D eigenvalue weighted by Crippen LogP contribution is 2.27. The topological polar surface area (TPSA) is 29.1 Å². The van der Waals surface area contributed by atoms with Crippen molar-refractivity contribution in [1.29, 1.82) is 0 Å². The van der Waals surface area contributed by atoms with Crippen molar-refractivity contribution in [3.63, 3.8) is 0 Å². The SMILES string of the molecule is CC1CCCC(CNC(=O)Cc2cccc(F)c2)C1. The first kappa shape index (κ1) is 14.0. The highest BCUT2D eigenvalue weighted by Gasteiger charge is 2.19. The maximum absolute atomic E-state index is 13.0. The van der Waals surface area contributed by atoms with E-state index in [1.54, 1.807) is 12.1 Å². The van der Waals surface area contributed by atoms with Crippen molar-refractivity contribution in [2.45, 2.75) is 39.0 Å². The molecule has 1 fully saturated rings. The average molecular weight is 263 g/mol. The predicted octanol–water partition coefficient (Wildman–Crippen LogP) is 3.31. The van der Waals surface area contributed by atoms with Crippen LogP contribution in [0.2, 0.25) is 0 Å². The van der Waals surface area contributed by atoms with Crippen molar-refractivity contribution in [2.24, 2.45) is 11.8 Å². The van der Waals surface area contributed by atoms with Gasteiger partial charge in [0.25, 0.3) is 0 Å². The van der Waals surface area contributed by atoms with Crippen LogP contribution < -0.4 is 5.32 Å². The monoisotopic (exact) mass is 263 g/mol. The summed E-state index contributed by atoms with van der Waals surface area (Å²) in [5.74, 6) is 1.09. The number of hydrogen-bond acceptors (Lipinski definition) is 1. The predicted molar refractivity (Wildman–Crippen MR) is 74.2 cm³/mol. The van der Waals surface area contributed by atoms with Gasteiger partial charge in [-0.25, -0.2) is 4.39 Å². The van der Waals surface area contributed by atoms with Crippen LogP contribution in [0.1, 0.15) is 38.2 Å². The number of carbonyl (C=O) groups excluding carboxylic acids is 1. The minimum atomic E-state index is -0.286. The van der Waals surface area contributed by atoms with E-state index in [9.17, 15) is 9.18 Å². The molecule has 0 aromatic heterocycles. The van der Waals surface area contributed by atoms with Gasteiger partial charge in [-0.2, -0.15) is 0 Å². The molecule has 0 spiro atoms. The average Bonchev–Trinajstić information content (AvgIpc) is 2.36. The fraction of sp³-hybridized carbons (Fsp3) is 0.562. The Balaban J connectivity index is 1.75. The molecule has 0 aliphatic heterocycles. The van der Waals surface area contributed by atoms with Crippen molar-refractivity contribution >= 4 is 5.91 Å². The molecule has 1 amide bonds. The maximum atomic E-state index is 13.0. The van der Waals surface area contributed by atoms with Gasteiger partial charge in [-0.1, -0.05) is 31.9 Å². The Morgan fingerprint density at radius 3 is 3.00 bits per heavy atom. The molecule has 1 aromatic rings. The summed E-state index contributed by atoms with van der Waals surface area (Å²) < 4.78 is 13.0. The van der Waals surface area contributed by atoms with Gasteiger partial charge in [0, 0.05) is 6.54 Å². The summed E-state index contributed by atoms with van der Waals surface area (Å²) in [6.45, 7) is 3.04. The van der Waals surface area contributed by atoms with E-state index in [-0.39, 0.29) is 18.1 Å². The molecule has 0 saturated heterocycles. The molecule has 2 nitrogen and oxygen atoms in total. The summed E-state index contributed by atoms with van der Waals surface area (Å²) in [5.41, 5.74) is 0.731. The third-order valence-corrected chi connectivity index (χ3v) is 3.89. The van der Waals surface area contributed by atoms with E-state index >= 15 is 0 Å². The molecule has 1 aliphatic carbocycles. The standard InChI is InChI=1S/C16H22FNO/c1-12-4-2-6-14(8-12)11-18-16(19)10-13-5-3-7-15(17)9-13/h3,5,7,9,12,14H,2,4,6,8,10-11H2,1H3,(H,18,19). The van der Waals surface area contributed by atoms with Gasteiger partial charge in [0.15, 0.2) is 0 Å². The molecule has 3 heteroatoms. The Bertz CT molecular complexity index is 433. The van der Waals surface area contributed by atoms with Gasteiger partial charge in [-0.15, -0.1) is 0 Å². The molecule has 0 heterocycles. The zero-order valence-electron chi connectivity index (χ0n) is 11.5. The number of nitrogens with one attached hydrogen (secondary N) is 1. The number of rotatable bonds is 4. The molecule has 0 bridgehead atoms. The summed E-state index contributed by atoms with van der Waals surface area (Å²) >= 11 is 0. The number of hydrogen-bond donors (Lipinski definition) is 1. The number of benzene rings is 1. The van der Waals surface area contributed by atoms with Crippen LogP contribution in [0.25, 0.3) is 0 Å². The van der Waals surface area contributed by atoms with Crippen LogP contribution in [0.15, 0.2) is 24.3 Å². The first-order valence-corrected chi connectivity index (χ1v) is 7.14. The van der Waals surface area contributed by atoms with Crippen molar-refractivity contribution < 1.29 is 9.18 Å². The van der Waals surface area contributed by atoms with Gasteiger partial charge >= 0.3 is 0 Å². The Hall–Kier alpha value is -1.38. The second-order valence-corrected chi connectivity index (χ2v) is 5.75. The number of amides is 1. The summed E-state index contributed by atoms with van der Waals surface area (Å²) in [7, 11) is 0. The highest BCUT2D eigenvalue weighted by atomic mass is 19.1. The summed E-state index contributed by atoms with van der Waals surface area (Å²) in [6.07, 6.45) is 5.27. The zero-order valence-corrected chi connectivity index (χ0v) is 11.5. The molecule has 19 heavy (non-hydrogen) atoms. The van der Waals surface area contributed by atoms with E-state index < -0.39 is 0 Å². The van der Waals surface area contributed by atoms with Gasteiger partial charge in [0.2, 0.25) is 5.91 Å². The lowest BCUT2D eigenvalue weighted by Crippen LogP contribution is -2.32. The maximum Gasteiger partial charge on any atom is 0.224 e. The van der Waals surface area contributed by atoms with E-state index in [0.29, 0.717) is 5.92 Å². The van der Waals surface area contributed by atoms with Gasteiger partial charge in [0.05, 0.1) is 6.42 Å². The van der Waals surface area contributed by atoms with Crippen LogP contribution in [0.4, 0.5) is 4.39 Å². The normalized spacial score (nSPS) is 23.1. The van der Waals surface area contributed by atoms with Crippen molar-refractivity contribution in [3.8, 4) is 0 Å². The number of carbonyl (C=O) groups is 1. The van der Waals surface area contributed by atoms with Crippen molar-refractivity contribution in [1.82, 2.24) is 5.32 Å². The molecule has 104 valence electrons. The Morgan fingerprint density at radius 1 is 1.42 bits per heavy atom. The van der Waals surface area contributed by atoms with Gasteiger partial charge in [-0.3, -0.25) is 4.79 Å². The molecule has 2 unspecified atom stereocenters. The Labute approximate surface area is 114 Å². The fourth-order valence-electron chi connectivity index (χ4n) is 2.90. The number of halogens is 1. The third-order valence-electron chi connectivity index (χ3n) is 3.89. The largest absolute Gasteiger partial charge is 0.356 e. The second-order valence-electron chi connectivity index (χ2n) is 5.75. The van der Waals surface area contributed by atoms with Crippen LogP contribution >= 0.6 is 0 Å². The molecule has 1 aromatic carbocycles. The van der Waals surface area contributed by atoms with E-state index in [1.165, 1.54) is 37.8 Å². The van der Waals surface area contributed by atoms with Crippen LogP contribution in [0.3, 0.4) is 0 Å². The third kappa shape index (κ3) is 4.66. The molecule has 2 rings (SSSR count). The fourth-order valence-corrected chi connectivity index (χ4v) is 2.90. The molecule has 1 saturated carbocycles. The Kier molecular flexibility index (Phi) is 4.94. The highest BCUT2D eigenvalue weighted by molar-refractivity contribution is 5.78. The Morgan fingerprint density at radius 2 is 2.26 bits per heavy atom. The summed E-state index contributed by atoms with van der Waals surface area (Å²) in [6, 6.07) is 6.24. The van der Waals surface area contributed by atoms with E-state index in [1.807, 2.05) is 0 Å². The quantitative estimate of drug-likeness (QED) is 0.887. The van der Waals surface area contributed by atoms with Crippen molar-refractivity contribution in [2.75, 3.05) is 6.54 Å². The minimum absolute atomic E-state index is 0.0103.